The summed E-state index contributed by atoms with van der Waals surface area (Å²) >= 11 is 0. The highest BCUT2D eigenvalue weighted by Crippen LogP contribution is 2.19. The zero-order chi connectivity index (χ0) is 11.4. The quantitative estimate of drug-likeness (QED) is 0.801. The number of hydrogen-bond acceptors (Lipinski definition) is 4. The lowest BCUT2D eigenvalue weighted by Gasteiger charge is -2.28. The van der Waals surface area contributed by atoms with Crippen molar-refractivity contribution in [3.05, 3.63) is 23.9 Å². The van der Waals surface area contributed by atoms with Crippen molar-refractivity contribution in [1.29, 1.82) is 0 Å². The molecule has 0 bridgehead atoms. The molecule has 0 saturated carbocycles. The fraction of sp³-hybridized carbons (Fsp3) is 0.583. The second-order valence-corrected chi connectivity index (χ2v) is 4.22. The zero-order valence-corrected chi connectivity index (χ0v) is 9.47. The first kappa shape index (κ1) is 11.4. The Balaban J connectivity index is 2.14. The van der Waals surface area contributed by atoms with Gasteiger partial charge >= 0.3 is 0 Å². The van der Waals surface area contributed by atoms with Crippen LogP contribution in [0.1, 0.15) is 31.1 Å². The van der Waals surface area contributed by atoms with Gasteiger partial charge in [0.15, 0.2) is 0 Å². The Kier molecular flexibility index (Phi) is 3.74. The summed E-state index contributed by atoms with van der Waals surface area (Å²) in [4.78, 5) is 6.74. The summed E-state index contributed by atoms with van der Waals surface area (Å²) in [7, 11) is 0. The van der Waals surface area contributed by atoms with Crippen LogP contribution in [0.25, 0.3) is 0 Å². The molecule has 2 rings (SSSR count). The molecular formula is C12H19N3O. The number of anilines is 1. The Morgan fingerprint density at radius 3 is 2.75 bits per heavy atom. The van der Waals surface area contributed by atoms with Crippen molar-refractivity contribution in [3.63, 3.8) is 0 Å². The van der Waals surface area contributed by atoms with Gasteiger partial charge in [-0.05, 0) is 31.4 Å². The molecule has 1 unspecified atom stereocenters. The zero-order valence-electron chi connectivity index (χ0n) is 9.47. The number of hydrogen-bond donors (Lipinski definition) is 2. The molecule has 0 amide bonds. The first-order chi connectivity index (χ1) is 7.81. The molecule has 0 radical (unpaired) electrons. The summed E-state index contributed by atoms with van der Waals surface area (Å²) in [5, 5.41) is 9.65. The molecule has 0 aliphatic carbocycles. The summed E-state index contributed by atoms with van der Waals surface area (Å²) in [6.45, 7) is 2.35. The number of aliphatic hydroxyl groups excluding tert-OH is 1. The molecule has 1 aromatic rings. The van der Waals surface area contributed by atoms with Gasteiger partial charge in [-0.15, -0.1) is 0 Å². The lowest BCUT2D eigenvalue weighted by molar-refractivity contribution is 0.182. The van der Waals surface area contributed by atoms with Gasteiger partial charge in [0.2, 0.25) is 0 Å². The van der Waals surface area contributed by atoms with Crippen LogP contribution in [0.3, 0.4) is 0 Å². The summed E-state index contributed by atoms with van der Waals surface area (Å²) in [6, 6.07) is 5.76. The molecule has 4 heteroatoms. The van der Waals surface area contributed by atoms with Gasteiger partial charge in [0.25, 0.3) is 0 Å². The van der Waals surface area contributed by atoms with Crippen molar-refractivity contribution < 1.29 is 5.11 Å². The van der Waals surface area contributed by atoms with Crippen LogP contribution in [0.2, 0.25) is 0 Å². The van der Waals surface area contributed by atoms with Crippen LogP contribution in [0.4, 0.5) is 5.82 Å². The summed E-state index contributed by atoms with van der Waals surface area (Å²) in [5.74, 6) is 0.963. The molecule has 1 atom stereocenters. The molecule has 0 spiro atoms. The van der Waals surface area contributed by atoms with Crippen molar-refractivity contribution in [2.24, 2.45) is 5.73 Å². The summed E-state index contributed by atoms with van der Waals surface area (Å²) in [5.41, 5.74) is 6.10. The number of nitrogens with zero attached hydrogens (tertiary/aromatic N) is 2. The fourth-order valence-corrected chi connectivity index (χ4v) is 2.05. The Labute approximate surface area is 96.1 Å². The third kappa shape index (κ3) is 2.51. The average molecular weight is 221 g/mol. The Hall–Kier alpha value is -1.13. The van der Waals surface area contributed by atoms with Crippen molar-refractivity contribution in [1.82, 2.24) is 4.98 Å². The molecule has 16 heavy (non-hydrogen) atoms. The largest absolute Gasteiger partial charge is 0.385 e. The molecule has 4 nitrogen and oxygen atoms in total. The topological polar surface area (TPSA) is 62.4 Å². The molecule has 1 fully saturated rings. The first-order valence-electron chi connectivity index (χ1n) is 5.91. The van der Waals surface area contributed by atoms with E-state index in [0.717, 1.165) is 18.9 Å². The number of pyridine rings is 1. The Bertz CT molecular complexity index is 337. The van der Waals surface area contributed by atoms with Crippen LogP contribution in [-0.2, 0) is 0 Å². The van der Waals surface area contributed by atoms with E-state index in [2.05, 4.69) is 9.88 Å². The van der Waals surface area contributed by atoms with E-state index in [1.807, 2.05) is 18.2 Å². The van der Waals surface area contributed by atoms with Gasteiger partial charge in [-0.25, -0.2) is 4.98 Å². The predicted molar refractivity (Wildman–Crippen MR) is 64.3 cm³/mol. The number of nitrogens with two attached hydrogens (primary N) is 1. The van der Waals surface area contributed by atoms with Crippen LogP contribution >= 0.6 is 0 Å². The molecular weight excluding hydrogens is 202 g/mol. The smallest absolute Gasteiger partial charge is 0.128 e. The maximum absolute atomic E-state index is 9.65. The van der Waals surface area contributed by atoms with E-state index < -0.39 is 6.10 Å². The van der Waals surface area contributed by atoms with Gasteiger partial charge in [0.05, 0.1) is 5.69 Å². The average Bonchev–Trinajstić information content (AvgIpc) is 2.39. The lowest BCUT2D eigenvalue weighted by Crippen LogP contribution is -2.30. The SMILES string of the molecule is NCC(O)c1cccc(N2CCCCC2)n1. The van der Waals surface area contributed by atoms with E-state index in [4.69, 9.17) is 5.73 Å². The number of rotatable bonds is 3. The van der Waals surface area contributed by atoms with E-state index in [-0.39, 0.29) is 6.54 Å². The van der Waals surface area contributed by atoms with Crippen molar-refractivity contribution in [2.75, 3.05) is 24.5 Å². The summed E-state index contributed by atoms with van der Waals surface area (Å²) < 4.78 is 0. The molecule has 1 aliphatic rings. The second kappa shape index (κ2) is 5.27. The highest BCUT2D eigenvalue weighted by atomic mass is 16.3. The van der Waals surface area contributed by atoms with Crippen molar-refractivity contribution in [2.45, 2.75) is 25.4 Å². The van der Waals surface area contributed by atoms with Gasteiger partial charge in [-0.2, -0.15) is 0 Å². The van der Waals surface area contributed by atoms with Crippen molar-refractivity contribution in [3.8, 4) is 0 Å². The standard InChI is InChI=1S/C12H19N3O/c13-9-11(16)10-5-4-6-12(14-10)15-7-2-1-3-8-15/h4-6,11,16H,1-3,7-9,13H2. The van der Waals surface area contributed by atoms with Gasteiger partial charge in [0.1, 0.15) is 11.9 Å². The highest BCUT2D eigenvalue weighted by molar-refractivity contribution is 5.39. The Morgan fingerprint density at radius 1 is 1.31 bits per heavy atom. The van der Waals surface area contributed by atoms with Crippen molar-refractivity contribution >= 4 is 5.82 Å². The Morgan fingerprint density at radius 2 is 2.06 bits per heavy atom. The van der Waals surface area contributed by atoms with E-state index in [1.165, 1.54) is 19.3 Å². The van der Waals surface area contributed by atoms with Gasteiger partial charge in [-0.1, -0.05) is 6.07 Å². The maximum Gasteiger partial charge on any atom is 0.128 e. The van der Waals surface area contributed by atoms with E-state index >= 15 is 0 Å². The van der Waals surface area contributed by atoms with Gasteiger partial charge in [0, 0.05) is 19.6 Å². The van der Waals surface area contributed by atoms with Gasteiger partial charge in [-0.3, -0.25) is 0 Å². The molecule has 0 aromatic carbocycles. The van der Waals surface area contributed by atoms with Crippen LogP contribution in [0, 0.1) is 0 Å². The summed E-state index contributed by atoms with van der Waals surface area (Å²) in [6.07, 6.45) is 3.11. The predicted octanol–water partition coefficient (Wildman–Crippen LogP) is 1.06. The van der Waals surface area contributed by atoms with E-state index in [1.54, 1.807) is 0 Å². The minimum Gasteiger partial charge on any atom is -0.385 e. The lowest BCUT2D eigenvalue weighted by atomic mass is 10.1. The van der Waals surface area contributed by atoms with Crippen LogP contribution < -0.4 is 10.6 Å². The van der Waals surface area contributed by atoms with Gasteiger partial charge < -0.3 is 15.7 Å². The maximum atomic E-state index is 9.65. The minimum atomic E-state index is -0.648. The second-order valence-electron chi connectivity index (χ2n) is 4.22. The van der Waals surface area contributed by atoms with Crippen LogP contribution in [-0.4, -0.2) is 29.7 Å². The number of aromatic nitrogens is 1. The third-order valence-corrected chi connectivity index (χ3v) is 3.00. The minimum absolute atomic E-state index is 0.219. The van der Waals surface area contributed by atoms with E-state index in [0.29, 0.717) is 5.69 Å². The molecule has 1 aromatic heterocycles. The first-order valence-corrected chi connectivity index (χ1v) is 5.91. The van der Waals surface area contributed by atoms with Crippen LogP contribution in [0.15, 0.2) is 18.2 Å². The fourth-order valence-electron chi connectivity index (χ4n) is 2.05. The third-order valence-electron chi connectivity index (χ3n) is 3.00. The normalized spacial score (nSPS) is 18.5. The molecule has 3 N–H and O–H groups in total. The number of piperidine rings is 1. The molecule has 1 saturated heterocycles. The molecule has 88 valence electrons. The molecule has 1 aliphatic heterocycles. The monoisotopic (exact) mass is 221 g/mol. The van der Waals surface area contributed by atoms with Crippen LogP contribution in [0.5, 0.6) is 0 Å². The van der Waals surface area contributed by atoms with E-state index in [9.17, 15) is 5.11 Å². The number of aliphatic hydroxyl groups is 1. The highest BCUT2D eigenvalue weighted by Gasteiger charge is 2.14. The molecule has 2 heterocycles.